The fraction of sp³-hybridized carbons (Fsp3) is 0.125. The van der Waals surface area contributed by atoms with Gasteiger partial charge >= 0.3 is 18.1 Å². The minimum atomic E-state index is -0.846. The molecule has 3 aliphatic rings. The number of methoxy groups -OCH3 is 1. The van der Waals surface area contributed by atoms with Crippen LogP contribution in [0.25, 0.3) is 32.3 Å². The van der Waals surface area contributed by atoms with Crippen LogP contribution in [-0.4, -0.2) is 55.6 Å². The highest BCUT2D eigenvalue weighted by Gasteiger charge is 2.25. The van der Waals surface area contributed by atoms with Gasteiger partial charge in [0, 0.05) is 17.0 Å². The van der Waals surface area contributed by atoms with Crippen LogP contribution in [-0.2, 0) is 30.5 Å². The van der Waals surface area contributed by atoms with E-state index in [0.29, 0.717) is 23.6 Å². The first-order chi connectivity index (χ1) is 29.8. The molecule has 0 radical (unpaired) electrons. The average Bonchev–Trinajstić information content (AvgIpc) is 4.04. The number of rotatable bonds is 4. The SMILES string of the molecule is CC(=O)O/N=C1\CCc2ccc3cc(Br)ccc3c21.COC(=O)O/N=C1\COc2ccc3ccccc3c21.O=C(O/N=C1\COc2ccc3ccccc3c21)c1ccccc1. The first kappa shape index (κ1) is 40.4. The van der Waals surface area contributed by atoms with Gasteiger partial charge in [0.1, 0.15) is 36.1 Å². The summed E-state index contributed by atoms with van der Waals surface area (Å²) < 4.78 is 16.6. The molecule has 7 aromatic carbocycles. The Balaban J connectivity index is 0.000000127. The largest absolute Gasteiger partial charge is 0.534 e. The lowest BCUT2D eigenvalue weighted by Crippen LogP contribution is -2.07. The van der Waals surface area contributed by atoms with Gasteiger partial charge < -0.3 is 23.9 Å². The van der Waals surface area contributed by atoms with Gasteiger partial charge in [-0.2, -0.15) is 0 Å². The molecular weight excluding hydrogens is 842 g/mol. The lowest BCUT2D eigenvalue weighted by Gasteiger charge is -2.06. The summed E-state index contributed by atoms with van der Waals surface area (Å²) in [4.78, 5) is 48.4. The van der Waals surface area contributed by atoms with Crippen LogP contribution in [0.15, 0.2) is 153 Å². The molecule has 0 amide bonds. The second-order valence-corrected chi connectivity index (χ2v) is 14.8. The van der Waals surface area contributed by atoms with E-state index in [2.05, 4.69) is 65.2 Å². The molecule has 7 aromatic rings. The van der Waals surface area contributed by atoms with Gasteiger partial charge in [-0.15, -0.1) is 0 Å². The lowest BCUT2D eigenvalue weighted by molar-refractivity contribution is -0.140. The molecule has 10 rings (SSSR count). The predicted octanol–water partition coefficient (Wildman–Crippen LogP) is 10.3. The number of halogens is 1. The molecule has 0 bridgehead atoms. The van der Waals surface area contributed by atoms with E-state index in [1.807, 2.05) is 84.9 Å². The van der Waals surface area contributed by atoms with Gasteiger partial charge in [-0.3, -0.25) is 4.84 Å². The predicted molar refractivity (Wildman–Crippen MR) is 236 cm³/mol. The summed E-state index contributed by atoms with van der Waals surface area (Å²) in [5.41, 5.74) is 6.67. The minimum absolute atomic E-state index is 0.278. The summed E-state index contributed by atoms with van der Waals surface area (Å²) in [5.74, 6) is 0.639. The number of carbonyl (C=O) groups is 3. The first-order valence-electron chi connectivity index (χ1n) is 19.2. The molecule has 2 aliphatic heterocycles. The van der Waals surface area contributed by atoms with Crippen LogP contribution in [0.5, 0.6) is 11.5 Å². The second kappa shape index (κ2) is 18.3. The Kier molecular flexibility index (Phi) is 12.1. The number of hydrogen-bond acceptors (Lipinski definition) is 12. The zero-order chi connectivity index (χ0) is 42.3. The van der Waals surface area contributed by atoms with Crippen molar-refractivity contribution in [2.75, 3.05) is 20.3 Å². The van der Waals surface area contributed by atoms with E-state index in [9.17, 15) is 14.4 Å². The summed E-state index contributed by atoms with van der Waals surface area (Å²) >= 11 is 3.48. The van der Waals surface area contributed by atoms with Gasteiger partial charge in [-0.1, -0.05) is 128 Å². The Morgan fingerprint density at radius 3 is 1.74 bits per heavy atom. The molecule has 12 nitrogen and oxygen atoms in total. The highest BCUT2D eigenvalue weighted by molar-refractivity contribution is 9.10. The van der Waals surface area contributed by atoms with Crippen molar-refractivity contribution in [1.29, 1.82) is 0 Å². The summed E-state index contributed by atoms with van der Waals surface area (Å²) in [7, 11) is 1.23. The number of fused-ring (bicyclic) bond motifs is 9. The maximum Gasteiger partial charge on any atom is 0.534 e. The Hall–Kier alpha value is -7.38. The van der Waals surface area contributed by atoms with E-state index in [4.69, 9.17) is 19.1 Å². The summed E-state index contributed by atoms with van der Waals surface area (Å²) in [6.07, 6.45) is 0.917. The third-order valence-corrected chi connectivity index (χ3v) is 10.5. The molecule has 0 N–H and O–H groups in total. The molecule has 0 aromatic heterocycles. The average molecular weight is 879 g/mol. The number of benzene rings is 7. The van der Waals surface area contributed by atoms with E-state index in [-0.39, 0.29) is 12.6 Å². The zero-order valence-electron chi connectivity index (χ0n) is 32.9. The van der Waals surface area contributed by atoms with Crippen LogP contribution in [0.4, 0.5) is 4.79 Å². The third kappa shape index (κ3) is 8.97. The van der Waals surface area contributed by atoms with Crippen molar-refractivity contribution >= 4 is 83.5 Å². The second-order valence-electron chi connectivity index (χ2n) is 13.8. The number of oxime groups is 3. The van der Waals surface area contributed by atoms with Gasteiger partial charge in [0.05, 0.1) is 29.5 Å². The molecular formula is C48H36BrN3O9. The number of nitrogens with zero attached hydrogens (tertiary/aromatic N) is 3. The smallest absolute Gasteiger partial charge is 0.486 e. The van der Waals surface area contributed by atoms with E-state index >= 15 is 0 Å². The maximum atomic E-state index is 12.0. The Morgan fingerprint density at radius 2 is 1.11 bits per heavy atom. The van der Waals surface area contributed by atoms with Gasteiger partial charge in [0.2, 0.25) is 0 Å². The van der Waals surface area contributed by atoms with Crippen LogP contribution in [0.1, 0.15) is 46.0 Å². The van der Waals surface area contributed by atoms with Crippen LogP contribution in [0.3, 0.4) is 0 Å². The first-order valence-corrected chi connectivity index (χ1v) is 20.0. The molecule has 1 aliphatic carbocycles. The standard InChI is InChI=1S/C19H13NO3.C15H12BrNO2.C14H11NO4/c21-19(14-7-2-1-3-8-14)23-20-16-12-22-17-11-10-13-6-4-5-9-15(13)18(16)17;1-9(18)19-17-14-7-4-10-2-3-11-8-12(16)5-6-13(11)15(10)14;1-17-14(16)19-15-11-8-18-12-7-6-9-4-2-3-5-10(9)13(11)12/h1-11H,12H2;2-3,5-6,8H,4,7H2,1H3;2-7H,8H2,1H3/b20-16+;17-14+;15-11+. The molecule has 304 valence electrons. The van der Waals surface area contributed by atoms with Crippen LogP contribution in [0, 0.1) is 0 Å². The van der Waals surface area contributed by atoms with E-state index in [1.54, 1.807) is 24.3 Å². The molecule has 0 spiro atoms. The van der Waals surface area contributed by atoms with E-state index < -0.39 is 12.1 Å². The molecule has 2 heterocycles. The van der Waals surface area contributed by atoms with Crippen LogP contribution < -0.4 is 9.47 Å². The molecule has 0 saturated heterocycles. The van der Waals surface area contributed by atoms with Crippen molar-refractivity contribution in [1.82, 2.24) is 0 Å². The lowest BCUT2D eigenvalue weighted by atomic mass is 10.0. The van der Waals surface area contributed by atoms with Crippen LogP contribution >= 0.6 is 15.9 Å². The normalized spacial score (nSPS) is 15.1. The molecule has 0 fully saturated rings. The Labute approximate surface area is 358 Å². The van der Waals surface area contributed by atoms with Crippen LogP contribution in [0.2, 0.25) is 0 Å². The molecule has 0 unspecified atom stereocenters. The monoisotopic (exact) mass is 877 g/mol. The Morgan fingerprint density at radius 1 is 0.557 bits per heavy atom. The number of hydrogen-bond donors (Lipinski definition) is 0. The third-order valence-electron chi connectivity index (χ3n) is 10.0. The fourth-order valence-electron chi connectivity index (χ4n) is 7.26. The van der Waals surface area contributed by atoms with Gasteiger partial charge in [-0.05, 0) is 87.1 Å². The van der Waals surface area contributed by atoms with Gasteiger partial charge in [0.25, 0.3) is 0 Å². The van der Waals surface area contributed by atoms with Gasteiger partial charge in [0.15, 0.2) is 0 Å². The fourth-order valence-corrected chi connectivity index (χ4v) is 7.64. The van der Waals surface area contributed by atoms with Crippen molar-refractivity contribution in [3.63, 3.8) is 0 Å². The Bertz CT molecular complexity index is 2930. The van der Waals surface area contributed by atoms with E-state index in [1.165, 1.54) is 19.6 Å². The van der Waals surface area contributed by atoms with Crippen molar-refractivity contribution in [2.45, 2.75) is 19.8 Å². The molecule has 0 atom stereocenters. The van der Waals surface area contributed by atoms with Crippen molar-refractivity contribution < 1.29 is 43.1 Å². The number of aryl methyl sites for hydroxylation is 1. The zero-order valence-corrected chi connectivity index (χ0v) is 34.5. The topological polar surface area (TPSA) is 144 Å². The highest BCUT2D eigenvalue weighted by Crippen LogP contribution is 2.35. The number of carbonyl (C=O) groups excluding carboxylic acids is 3. The van der Waals surface area contributed by atoms with Crippen molar-refractivity contribution in [2.24, 2.45) is 15.5 Å². The molecule has 0 saturated carbocycles. The summed E-state index contributed by atoms with van der Waals surface area (Å²) in [6.45, 7) is 1.94. The summed E-state index contributed by atoms with van der Waals surface area (Å²) in [5, 5.41) is 18.4. The summed E-state index contributed by atoms with van der Waals surface area (Å²) in [6, 6.07) is 42.9. The quantitative estimate of drug-likeness (QED) is 0.0959. The van der Waals surface area contributed by atoms with E-state index in [0.717, 1.165) is 83.5 Å². The molecule has 13 heteroatoms. The van der Waals surface area contributed by atoms with Gasteiger partial charge in [-0.25, -0.2) is 14.4 Å². The maximum absolute atomic E-state index is 12.0. The molecule has 61 heavy (non-hydrogen) atoms. The number of ether oxygens (including phenoxy) is 3. The highest BCUT2D eigenvalue weighted by atomic mass is 79.9. The van der Waals surface area contributed by atoms with Crippen molar-refractivity contribution in [3.8, 4) is 11.5 Å². The minimum Gasteiger partial charge on any atom is -0.486 e. The van der Waals surface area contributed by atoms with Crippen molar-refractivity contribution in [3.05, 3.63) is 166 Å².